The zero-order chi connectivity index (χ0) is 10.7. The molecule has 0 spiro atoms. The van der Waals surface area contributed by atoms with Crippen LogP contribution in [-0.4, -0.2) is 25.3 Å². The van der Waals surface area contributed by atoms with Crippen LogP contribution in [0.15, 0.2) is 17.2 Å². The molecule has 0 radical (unpaired) electrons. The highest BCUT2D eigenvalue weighted by molar-refractivity contribution is 6.45. The Labute approximate surface area is 98.1 Å². The maximum atomic E-state index is 5.96. The normalized spacial score (nSPS) is 10.9. The second kappa shape index (κ2) is 4.87. The van der Waals surface area contributed by atoms with Gasteiger partial charge in [0.1, 0.15) is 0 Å². The molecule has 0 N–H and O–H groups in total. The Morgan fingerprint density at radius 2 is 1.71 bits per heavy atom. The van der Waals surface area contributed by atoms with Crippen LogP contribution in [0.25, 0.3) is 0 Å². The molecule has 1 aromatic rings. The molecule has 0 heterocycles. The van der Waals surface area contributed by atoms with Crippen molar-refractivity contribution < 1.29 is 0 Å². The average Bonchev–Trinajstić information content (AvgIpc) is 2.11. The quantitative estimate of drug-likeness (QED) is 0.446. The molecule has 14 heavy (non-hydrogen) atoms. The summed E-state index contributed by atoms with van der Waals surface area (Å²) in [6, 6.07) is 3.34. The minimum Gasteiger partial charge on any atom is -0.303 e. The molecule has 2 nitrogen and oxygen atoms in total. The number of halogens is 3. The largest absolute Gasteiger partial charge is 0.303 e. The van der Waals surface area contributed by atoms with Gasteiger partial charge >= 0.3 is 0 Å². The molecule has 0 saturated heterocycles. The summed E-state index contributed by atoms with van der Waals surface area (Å²) in [6.07, 6.45) is 1.58. The maximum Gasteiger partial charge on any atom is 0.0695 e. The van der Waals surface area contributed by atoms with Gasteiger partial charge in [-0.05, 0) is 12.1 Å². The number of rotatable bonds is 2. The van der Waals surface area contributed by atoms with Crippen LogP contribution in [0.1, 0.15) is 5.56 Å². The van der Waals surface area contributed by atoms with Crippen molar-refractivity contribution in [2.45, 2.75) is 0 Å². The molecular weight excluding hydrogens is 242 g/mol. The van der Waals surface area contributed by atoms with E-state index in [4.69, 9.17) is 34.8 Å². The molecule has 0 atom stereocenters. The van der Waals surface area contributed by atoms with E-state index in [0.717, 1.165) is 0 Å². The number of hydrogen-bond acceptors (Lipinski definition) is 2. The standard InChI is InChI=1S/C9H9Cl3N2/c1-14(2)13-5-6-7(10)3-4-8(11)9(6)12/h3-5H,1-2H3/b13-5+. The second-order valence-electron chi connectivity index (χ2n) is 2.85. The minimum absolute atomic E-state index is 0.421. The van der Waals surface area contributed by atoms with Gasteiger partial charge in [0.05, 0.1) is 21.3 Å². The Morgan fingerprint density at radius 3 is 2.29 bits per heavy atom. The molecule has 0 bridgehead atoms. The Hall–Kier alpha value is -0.440. The Balaban J connectivity index is 3.13. The van der Waals surface area contributed by atoms with E-state index in [1.807, 2.05) is 14.1 Å². The van der Waals surface area contributed by atoms with Crippen molar-refractivity contribution in [1.82, 2.24) is 5.01 Å². The highest BCUT2D eigenvalue weighted by Gasteiger charge is 2.07. The third kappa shape index (κ3) is 2.77. The monoisotopic (exact) mass is 250 g/mol. The summed E-state index contributed by atoms with van der Waals surface area (Å²) < 4.78 is 0. The molecule has 0 fully saturated rings. The average molecular weight is 252 g/mol. The third-order valence-corrected chi connectivity index (χ3v) is 2.65. The third-order valence-electron chi connectivity index (χ3n) is 1.50. The highest BCUT2D eigenvalue weighted by atomic mass is 35.5. The van der Waals surface area contributed by atoms with Crippen molar-refractivity contribution in [3.63, 3.8) is 0 Å². The van der Waals surface area contributed by atoms with Crippen molar-refractivity contribution in [1.29, 1.82) is 0 Å². The minimum atomic E-state index is 0.421. The lowest BCUT2D eigenvalue weighted by Gasteiger charge is -2.05. The zero-order valence-corrected chi connectivity index (χ0v) is 10.0. The Bertz CT molecular complexity index is 361. The van der Waals surface area contributed by atoms with Crippen LogP contribution in [0.2, 0.25) is 15.1 Å². The second-order valence-corrected chi connectivity index (χ2v) is 4.04. The van der Waals surface area contributed by atoms with Crippen LogP contribution in [0.3, 0.4) is 0 Å². The summed E-state index contributed by atoms with van der Waals surface area (Å²) in [5.74, 6) is 0. The summed E-state index contributed by atoms with van der Waals surface area (Å²) in [5.41, 5.74) is 0.634. The fraction of sp³-hybridized carbons (Fsp3) is 0.222. The van der Waals surface area contributed by atoms with Crippen molar-refractivity contribution in [2.75, 3.05) is 14.1 Å². The molecule has 0 aliphatic rings. The van der Waals surface area contributed by atoms with E-state index in [-0.39, 0.29) is 0 Å². The van der Waals surface area contributed by atoms with Crippen molar-refractivity contribution in [2.24, 2.45) is 5.10 Å². The smallest absolute Gasteiger partial charge is 0.0695 e. The van der Waals surface area contributed by atoms with Gasteiger partial charge in [0.25, 0.3) is 0 Å². The van der Waals surface area contributed by atoms with Gasteiger partial charge in [-0.25, -0.2) is 0 Å². The van der Waals surface area contributed by atoms with Crippen molar-refractivity contribution >= 4 is 41.0 Å². The van der Waals surface area contributed by atoms with Crippen LogP contribution in [0.5, 0.6) is 0 Å². The topological polar surface area (TPSA) is 15.6 Å². The SMILES string of the molecule is CN(C)/N=C/c1c(Cl)ccc(Cl)c1Cl. The summed E-state index contributed by atoms with van der Waals surface area (Å²) in [4.78, 5) is 0. The van der Waals surface area contributed by atoms with Crippen molar-refractivity contribution in [3.05, 3.63) is 32.8 Å². The lowest BCUT2D eigenvalue weighted by atomic mass is 10.2. The molecule has 0 unspecified atom stereocenters. The summed E-state index contributed by atoms with van der Waals surface area (Å²) in [5, 5.41) is 7.11. The predicted octanol–water partition coefficient (Wildman–Crippen LogP) is 3.54. The van der Waals surface area contributed by atoms with Gasteiger partial charge < -0.3 is 5.01 Å². The number of nitrogens with zero attached hydrogens (tertiary/aromatic N) is 2. The van der Waals surface area contributed by atoms with Crippen LogP contribution in [0.4, 0.5) is 0 Å². The van der Waals surface area contributed by atoms with E-state index in [9.17, 15) is 0 Å². The molecule has 76 valence electrons. The molecule has 0 aromatic heterocycles. The fourth-order valence-corrected chi connectivity index (χ4v) is 1.47. The molecule has 0 amide bonds. The van der Waals surface area contributed by atoms with Gasteiger partial charge in [-0.1, -0.05) is 34.8 Å². The highest BCUT2D eigenvalue weighted by Crippen LogP contribution is 2.29. The first-order valence-corrected chi connectivity index (χ1v) is 5.00. The fourth-order valence-electron chi connectivity index (χ4n) is 0.834. The molecule has 1 aromatic carbocycles. The van der Waals surface area contributed by atoms with E-state index < -0.39 is 0 Å². The van der Waals surface area contributed by atoms with Gasteiger partial charge in [0.15, 0.2) is 0 Å². The summed E-state index contributed by atoms with van der Waals surface area (Å²) in [6.45, 7) is 0. The first kappa shape index (κ1) is 11.6. The van der Waals surface area contributed by atoms with Crippen LogP contribution in [-0.2, 0) is 0 Å². The number of benzene rings is 1. The molecule has 1 rings (SSSR count). The molecule has 0 aliphatic carbocycles. The predicted molar refractivity (Wildman–Crippen MR) is 62.8 cm³/mol. The van der Waals surface area contributed by atoms with E-state index in [0.29, 0.717) is 20.6 Å². The van der Waals surface area contributed by atoms with E-state index in [1.54, 1.807) is 23.4 Å². The summed E-state index contributed by atoms with van der Waals surface area (Å²) >= 11 is 17.7. The first-order valence-electron chi connectivity index (χ1n) is 3.87. The molecular formula is C9H9Cl3N2. The van der Waals surface area contributed by atoms with Crippen LogP contribution in [0, 0.1) is 0 Å². The zero-order valence-electron chi connectivity index (χ0n) is 7.76. The lowest BCUT2D eigenvalue weighted by molar-refractivity contribution is 0.440. The Morgan fingerprint density at radius 1 is 1.14 bits per heavy atom. The number of hydrazone groups is 1. The van der Waals surface area contributed by atoms with Crippen molar-refractivity contribution in [3.8, 4) is 0 Å². The first-order chi connectivity index (χ1) is 6.52. The number of hydrogen-bond donors (Lipinski definition) is 0. The van der Waals surface area contributed by atoms with Gasteiger partial charge in [0, 0.05) is 19.7 Å². The van der Waals surface area contributed by atoms with Gasteiger partial charge in [-0.15, -0.1) is 0 Å². The molecule has 0 aliphatic heterocycles. The maximum absolute atomic E-state index is 5.96. The van der Waals surface area contributed by atoms with Gasteiger partial charge in [-0.3, -0.25) is 0 Å². The van der Waals surface area contributed by atoms with E-state index in [2.05, 4.69) is 5.10 Å². The van der Waals surface area contributed by atoms with E-state index >= 15 is 0 Å². The van der Waals surface area contributed by atoms with Crippen LogP contribution < -0.4 is 0 Å². The Kier molecular flexibility index (Phi) is 4.05. The molecule has 5 heteroatoms. The lowest BCUT2D eigenvalue weighted by Crippen LogP contribution is -2.02. The van der Waals surface area contributed by atoms with Crippen LogP contribution >= 0.6 is 34.8 Å². The van der Waals surface area contributed by atoms with Gasteiger partial charge in [0.2, 0.25) is 0 Å². The molecule has 0 saturated carbocycles. The van der Waals surface area contributed by atoms with Gasteiger partial charge in [-0.2, -0.15) is 5.10 Å². The summed E-state index contributed by atoms with van der Waals surface area (Å²) in [7, 11) is 3.62. The van der Waals surface area contributed by atoms with E-state index in [1.165, 1.54) is 0 Å².